The molecular formula is C11H12FNO3. The van der Waals surface area contributed by atoms with Crippen LogP contribution >= 0.6 is 0 Å². The smallest absolute Gasteiger partial charge is 0.323 e. The van der Waals surface area contributed by atoms with Gasteiger partial charge < -0.3 is 10.0 Å². The molecule has 1 rings (SSSR count). The van der Waals surface area contributed by atoms with E-state index in [1.807, 2.05) is 0 Å². The predicted molar refractivity (Wildman–Crippen MR) is 55.7 cm³/mol. The second kappa shape index (κ2) is 4.74. The molecule has 1 aromatic carbocycles. The number of halogens is 1. The highest BCUT2D eigenvalue weighted by molar-refractivity contribution is 5.96. The minimum atomic E-state index is -1.11. The lowest BCUT2D eigenvalue weighted by Crippen LogP contribution is -2.32. The van der Waals surface area contributed by atoms with Crippen molar-refractivity contribution >= 4 is 11.9 Å². The number of carbonyl (C=O) groups excluding carboxylic acids is 1. The third kappa shape index (κ3) is 2.79. The van der Waals surface area contributed by atoms with Crippen molar-refractivity contribution in [3.63, 3.8) is 0 Å². The third-order valence-electron chi connectivity index (χ3n) is 2.15. The minimum absolute atomic E-state index is 0.184. The van der Waals surface area contributed by atoms with E-state index in [2.05, 4.69) is 0 Å². The van der Waals surface area contributed by atoms with Crippen LogP contribution in [0.5, 0.6) is 0 Å². The van der Waals surface area contributed by atoms with Crippen molar-refractivity contribution in [3.8, 4) is 0 Å². The lowest BCUT2D eigenvalue weighted by atomic mass is 10.1. The second-order valence-electron chi connectivity index (χ2n) is 3.51. The van der Waals surface area contributed by atoms with Gasteiger partial charge in [0.25, 0.3) is 5.91 Å². The van der Waals surface area contributed by atoms with E-state index < -0.39 is 24.2 Å². The molecule has 1 N–H and O–H groups in total. The van der Waals surface area contributed by atoms with Crippen LogP contribution in [0.3, 0.4) is 0 Å². The average molecular weight is 225 g/mol. The van der Waals surface area contributed by atoms with Crippen LogP contribution in [0, 0.1) is 12.7 Å². The number of carboxylic acids is 1. The van der Waals surface area contributed by atoms with E-state index in [4.69, 9.17) is 5.11 Å². The molecule has 0 heterocycles. The molecule has 16 heavy (non-hydrogen) atoms. The number of hydrogen-bond acceptors (Lipinski definition) is 2. The maximum Gasteiger partial charge on any atom is 0.323 e. The van der Waals surface area contributed by atoms with Crippen LogP contribution in [-0.2, 0) is 4.79 Å². The van der Waals surface area contributed by atoms with E-state index >= 15 is 0 Å². The Kier molecular flexibility index (Phi) is 3.60. The van der Waals surface area contributed by atoms with Crippen molar-refractivity contribution in [2.75, 3.05) is 13.6 Å². The molecule has 0 saturated carbocycles. The van der Waals surface area contributed by atoms with Crippen molar-refractivity contribution in [2.45, 2.75) is 6.92 Å². The van der Waals surface area contributed by atoms with E-state index in [1.165, 1.54) is 19.2 Å². The Labute approximate surface area is 92.3 Å². The van der Waals surface area contributed by atoms with Crippen LogP contribution in [0.2, 0.25) is 0 Å². The Balaban J connectivity index is 2.95. The first-order chi connectivity index (χ1) is 7.41. The third-order valence-corrected chi connectivity index (χ3v) is 2.15. The van der Waals surface area contributed by atoms with Gasteiger partial charge in [-0.05, 0) is 24.6 Å². The Morgan fingerprint density at radius 1 is 1.44 bits per heavy atom. The van der Waals surface area contributed by atoms with Gasteiger partial charge in [0.2, 0.25) is 0 Å². The molecule has 0 radical (unpaired) electrons. The molecule has 0 aliphatic rings. The fourth-order valence-corrected chi connectivity index (χ4v) is 1.30. The van der Waals surface area contributed by atoms with Crippen molar-refractivity contribution in [1.82, 2.24) is 4.90 Å². The zero-order valence-corrected chi connectivity index (χ0v) is 9.03. The van der Waals surface area contributed by atoms with Gasteiger partial charge >= 0.3 is 5.97 Å². The number of rotatable bonds is 3. The molecule has 0 spiro atoms. The summed E-state index contributed by atoms with van der Waals surface area (Å²) in [5, 5.41) is 8.54. The van der Waals surface area contributed by atoms with Gasteiger partial charge in [0, 0.05) is 12.6 Å². The number of hydrogen-bond donors (Lipinski definition) is 1. The van der Waals surface area contributed by atoms with Crippen LogP contribution in [0.1, 0.15) is 15.9 Å². The number of benzene rings is 1. The highest BCUT2D eigenvalue weighted by Crippen LogP contribution is 2.12. The highest BCUT2D eigenvalue weighted by Gasteiger charge is 2.16. The summed E-state index contributed by atoms with van der Waals surface area (Å²) >= 11 is 0. The molecule has 0 unspecified atom stereocenters. The first kappa shape index (κ1) is 12.2. The Morgan fingerprint density at radius 3 is 2.62 bits per heavy atom. The number of carbonyl (C=O) groups is 2. The lowest BCUT2D eigenvalue weighted by Gasteiger charge is -2.15. The Hall–Kier alpha value is -1.91. The molecular weight excluding hydrogens is 213 g/mol. The lowest BCUT2D eigenvalue weighted by molar-refractivity contribution is -0.137. The zero-order chi connectivity index (χ0) is 12.3. The van der Waals surface area contributed by atoms with Gasteiger partial charge in [-0.3, -0.25) is 9.59 Å². The maximum atomic E-state index is 12.9. The summed E-state index contributed by atoms with van der Waals surface area (Å²) < 4.78 is 12.9. The van der Waals surface area contributed by atoms with Gasteiger partial charge in [-0.1, -0.05) is 6.07 Å². The number of aryl methyl sites for hydroxylation is 1. The van der Waals surface area contributed by atoms with Gasteiger partial charge in [0.05, 0.1) is 0 Å². The highest BCUT2D eigenvalue weighted by atomic mass is 19.1. The van der Waals surface area contributed by atoms with Crippen LogP contribution in [0.15, 0.2) is 18.2 Å². The quantitative estimate of drug-likeness (QED) is 0.843. The van der Waals surface area contributed by atoms with Gasteiger partial charge in [-0.15, -0.1) is 0 Å². The van der Waals surface area contributed by atoms with E-state index in [-0.39, 0.29) is 5.56 Å². The molecule has 0 fully saturated rings. The second-order valence-corrected chi connectivity index (χ2v) is 3.51. The van der Waals surface area contributed by atoms with Crippen LogP contribution in [0.25, 0.3) is 0 Å². The molecule has 0 atom stereocenters. The van der Waals surface area contributed by atoms with Gasteiger partial charge in [0.15, 0.2) is 0 Å². The van der Waals surface area contributed by atoms with Gasteiger partial charge in [0.1, 0.15) is 12.4 Å². The van der Waals surface area contributed by atoms with Crippen LogP contribution in [-0.4, -0.2) is 35.5 Å². The first-order valence-electron chi connectivity index (χ1n) is 4.65. The first-order valence-corrected chi connectivity index (χ1v) is 4.65. The summed E-state index contributed by atoms with van der Waals surface area (Å²) in [7, 11) is 1.36. The summed E-state index contributed by atoms with van der Waals surface area (Å²) in [6, 6.07) is 3.84. The molecule has 1 amide bonds. The molecule has 0 aliphatic carbocycles. The summed E-state index contributed by atoms with van der Waals surface area (Å²) in [5.41, 5.74) is 0.799. The summed E-state index contributed by atoms with van der Waals surface area (Å²) in [6.45, 7) is 1.26. The predicted octanol–water partition coefficient (Wildman–Crippen LogP) is 1.29. The van der Waals surface area contributed by atoms with Crippen molar-refractivity contribution in [2.24, 2.45) is 0 Å². The van der Waals surface area contributed by atoms with Gasteiger partial charge in [-0.25, -0.2) is 4.39 Å². The van der Waals surface area contributed by atoms with Crippen LogP contribution < -0.4 is 0 Å². The van der Waals surface area contributed by atoms with E-state index in [9.17, 15) is 14.0 Å². The molecule has 1 aromatic rings. The SMILES string of the molecule is Cc1ccc(F)cc1C(=O)N(C)CC(=O)O. The fraction of sp³-hybridized carbons (Fsp3) is 0.273. The standard InChI is InChI=1S/C11H12FNO3/c1-7-3-4-8(12)5-9(7)11(16)13(2)6-10(14)15/h3-5H,6H2,1-2H3,(H,14,15). The average Bonchev–Trinajstić information content (AvgIpc) is 2.19. The molecule has 0 aliphatic heterocycles. The normalized spacial score (nSPS) is 9.94. The van der Waals surface area contributed by atoms with Gasteiger partial charge in [-0.2, -0.15) is 0 Å². The summed E-state index contributed by atoms with van der Waals surface area (Å²) in [5.74, 6) is -2.12. The topological polar surface area (TPSA) is 57.6 Å². The Morgan fingerprint density at radius 2 is 2.06 bits per heavy atom. The number of nitrogens with zero attached hydrogens (tertiary/aromatic N) is 1. The maximum absolute atomic E-state index is 12.9. The van der Waals surface area contributed by atoms with E-state index in [0.717, 1.165) is 11.0 Å². The van der Waals surface area contributed by atoms with Crippen molar-refractivity contribution < 1.29 is 19.1 Å². The summed E-state index contributed by atoms with van der Waals surface area (Å²) in [4.78, 5) is 23.2. The summed E-state index contributed by atoms with van der Waals surface area (Å²) in [6.07, 6.45) is 0. The number of likely N-dealkylation sites (N-methyl/N-ethyl adjacent to an activating group) is 1. The molecule has 86 valence electrons. The number of carboxylic acid groups (broad SMARTS) is 1. The minimum Gasteiger partial charge on any atom is -0.480 e. The van der Waals surface area contributed by atoms with Crippen molar-refractivity contribution in [1.29, 1.82) is 0 Å². The Bertz CT molecular complexity index is 431. The monoisotopic (exact) mass is 225 g/mol. The van der Waals surface area contributed by atoms with Crippen LogP contribution in [0.4, 0.5) is 4.39 Å². The fourth-order valence-electron chi connectivity index (χ4n) is 1.30. The molecule has 4 nitrogen and oxygen atoms in total. The molecule has 0 aromatic heterocycles. The zero-order valence-electron chi connectivity index (χ0n) is 9.03. The molecule has 0 saturated heterocycles. The van der Waals surface area contributed by atoms with Crippen molar-refractivity contribution in [3.05, 3.63) is 35.1 Å². The van der Waals surface area contributed by atoms with E-state index in [1.54, 1.807) is 6.92 Å². The van der Waals surface area contributed by atoms with E-state index in [0.29, 0.717) is 5.56 Å². The molecule has 0 bridgehead atoms. The largest absolute Gasteiger partial charge is 0.480 e. The number of aliphatic carboxylic acids is 1. The molecule has 5 heteroatoms. The number of amides is 1.